The number of hydrogen-bond acceptors (Lipinski definition) is 6. The lowest BCUT2D eigenvalue weighted by molar-refractivity contribution is 1.13. The maximum absolute atomic E-state index is 4.65. The zero-order chi connectivity index (χ0) is 14.0. The van der Waals surface area contributed by atoms with Crippen molar-refractivity contribution < 1.29 is 0 Å². The maximum atomic E-state index is 4.65. The molecule has 0 atom stereocenters. The van der Waals surface area contributed by atoms with Crippen LogP contribution in [0, 0.1) is 0 Å². The molecular weight excluding hydrogens is 240 g/mol. The molecular formula is C13H20N6. The monoisotopic (exact) mass is 260 g/mol. The molecule has 6 heteroatoms. The lowest BCUT2D eigenvalue weighted by Crippen LogP contribution is -2.12. The molecule has 6 nitrogen and oxygen atoms in total. The molecule has 1 aromatic carbocycles. The molecule has 19 heavy (non-hydrogen) atoms. The van der Waals surface area contributed by atoms with Crippen LogP contribution in [0.4, 0.5) is 23.0 Å². The highest BCUT2D eigenvalue weighted by molar-refractivity contribution is 5.97. The summed E-state index contributed by atoms with van der Waals surface area (Å²) in [6.07, 6.45) is 0. The minimum Gasteiger partial charge on any atom is -0.385 e. The SMILES string of the molecule is CNc1nc2ccc(N(C)C)c(NC)c2nc1NC. The van der Waals surface area contributed by atoms with Crippen molar-refractivity contribution in [3.63, 3.8) is 0 Å². The van der Waals surface area contributed by atoms with Crippen LogP contribution in [0.2, 0.25) is 0 Å². The van der Waals surface area contributed by atoms with E-state index in [-0.39, 0.29) is 0 Å². The van der Waals surface area contributed by atoms with Gasteiger partial charge in [-0.3, -0.25) is 0 Å². The van der Waals surface area contributed by atoms with Crippen molar-refractivity contribution in [1.82, 2.24) is 9.97 Å². The summed E-state index contributed by atoms with van der Waals surface area (Å²) in [6.45, 7) is 0. The number of anilines is 4. The molecule has 0 radical (unpaired) electrons. The van der Waals surface area contributed by atoms with E-state index in [2.05, 4.69) is 30.8 Å². The van der Waals surface area contributed by atoms with E-state index in [0.717, 1.165) is 34.0 Å². The molecule has 0 amide bonds. The minimum absolute atomic E-state index is 0.738. The van der Waals surface area contributed by atoms with Crippen molar-refractivity contribution in [3.8, 4) is 0 Å². The molecule has 0 aliphatic heterocycles. The molecule has 0 saturated carbocycles. The summed E-state index contributed by atoms with van der Waals surface area (Å²) >= 11 is 0. The first kappa shape index (κ1) is 13.2. The van der Waals surface area contributed by atoms with Crippen molar-refractivity contribution >= 4 is 34.0 Å². The van der Waals surface area contributed by atoms with Gasteiger partial charge in [0.25, 0.3) is 0 Å². The first-order chi connectivity index (χ1) is 9.12. The molecule has 0 unspecified atom stereocenters. The van der Waals surface area contributed by atoms with Gasteiger partial charge in [-0.05, 0) is 12.1 Å². The Morgan fingerprint density at radius 1 is 0.895 bits per heavy atom. The first-order valence-electron chi connectivity index (χ1n) is 6.17. The van der Waals surface area contributed by atoms with Gasteiger partial charge in [-0.2, -0.15) is 0 Å². The quantitative estimate of drug-likeness (QED) is 0.779. The Morgan fingerprint density at radius 3 is 2.05 bits per heavy atom. The number of nitrogens with zero attached hydrogens (tertiary/aromatic N) is 3. The van der Waals surface area contributed by atoms with Gasteiger partial charge in [-0.25, -0.2) is 9.97 Å². The van der Waals surface area contributed by atoms with Crippen LogP contribution >= 0.6 is 0 Å². The average molecular weight is 260 g/mol. The van der Waals surface area contributed by atoms with E-state index in [0.29, 0.717) is 0 Å². The molecule has 2 aromatic rings. The van der Waals surface area contributed by atoms with Crippen LogP contribution in [0.3, 0.4) is 0 Å². The van der Waals surface area contributed by atoms with Gasteiger partial charge in [-0.1, -0.05) is 0 Å². The lowest BCUT2D eigenvalue weighted by atomic mass is 10.2. The molecule has 102 valence electrons. The van der Waals surface area contributed by atoms with Gasteiger partial charge in [0, 0.05) is 35.2 Å². The van der Waals surface area contributed by atoms with Gasteiger partial charge in [0.05, 0.1) is 16.9 Å². The van der Waals surface area contributed by atoms with Crippen molar-refractivity contribution in [3.05, 3.63) is 12.1 Å². The Labute approximate surface area is 113 Å². The lowest BCUT2D eigenvalue weighted by Gasteiger charge is -2.19. The molecule has 0 aliphatic rings. The number of fused-ring (bicyclic) bond motifs is 1. The number of benzene rings is 1. The summed E-state index contributed by atoms with van der Waals surface area (Å²) in [5.74, 6) is 1.48. The van der Waals surface area contributed by atoms with Gasteiger partial charge in [0.1, 0.15) is 5.52 Å². The minimum atomic E-state index is 0.738. The summed E-state index contributed by atoms with van der Waals surface area (Å²) in [7, 11) is 9.59. The largest absolute Gasteiger partial charge is 0.385 e. The number of rotatable bonds is 4. The third-order valence-electron chi connectivity index (χ3n) is 3.02. The second-order valence-corrected chi connectivity index (χ2v) is 4.39. The second-order valence-electron chi connectivity index (χ2n) is 4.39. The molecule has 1 aromatic heterocycles. The van der Waals surface area contributed by atoms with E-state index in [9.17, 15) is 0 Å². The smallest absolute Gasteiger partial charge is 0.169 e. The Kier molecular flexibility index (Phi) is 3.59. The highest BCUT2D eigenvalue weighted by Gasteiger charge is 2.13. The summed E-state index contributed by atoms with van der Waals surface area (Å²) in [6, 6.07) is 4.03. The standard InChI is InChI=1S/C13H20N6/c1-14-11-9(19(4)5)7-6-8-10(11)18-13(16-3)12(15-2)17-8/h6-7,14H,1-5H3,(H,15,17)(H,16,18). The van der Waals surface area contributed by atoms with E-state index >= 15 is 0 Å². The molecule has 2 rings (SSSR count). The number of hydrogen-bond donors (Lipinski definition) is 3. The molecule has 0 fully saturated rings. The molecule has 0 spiro atoms. The molecule has 0 aliphatic carbocycles. The van der Waals surface area contributed by atoms with Crippen LogP contribution < -0.4 is 20.9 Å². The van der Waals surface area contributed by atoms with Gasteiger partial charge in [-0.15, -0.1) is 0 Å². The normalized spacial score (nSPS) is 10.4. The second kappa shape index (κ2) is 5.17. The Morgan fingerprint density at radius 2 is 1.53 bits per heavy atom. The predicted molar refractivity (Wildman–Crippen MR) is 82.5 cm³/mol. The van der Waals surface area contributed by atoms with Crippen LogP contribution in [0.1, 0.15) is 0 Å². The predicted octanol–water partition coefficient (Wildman–Crippen LogP) is 1.82. The average Bonchev–Trinajstić information content (AvgIpc) is 2.43. The van der Waals surface area contributed by atoms with Crippen molar-refractivity contribution in [2.45, 2.75) is 0 Å². The number of nitrogens with one attached hydrogen (secondary N) is 3. The topological polar surface area (TPSA) is 65.1 Å². The third kappa shape index (κ3) is 2.21. The fraction of sp³-hybridized carbons (Fsp3) is 0.385. The zero-order valence-electron chi connectivity index (χ0n) is 12.0. The van der Waals surface area contributed by atoms with Crippen LogP contribution in [0.15, 0.2) is 12.1 Å². The Balaban J connectivity index is 2.77. The summed E-state index contributed by atoms with van der Waals surface area (Å²) in [5.41, 5.74) is 3.79. The van der Waals surface area contributed by atoms with Gasteiger partial charge in [0.2, 0.25) is 0 Å². The Bertz CT molecular complexity index is 593. The molecule has 0 saturated heterocycles. The fourth-order valence-corrected chi connectivity index (χ4v) is 2.08. The van der Waals surface area contributed by atoms with E-state index < -0.39 is 0 Å². The van der Waals surface area contributed by atoms with Crippen LogP contribution in [-0.2, 0) is 0 Å². The fourth-order valence-electron chi connectivity index (χ4n) is 2.08. The van der Waals surface area contributed by atoms with Crippen LogP contribution in [0.25, 0.3) is 11.0 Å². The van der Waals surface area contributed by atoms with Gasteiger partial charge < -0.3 is 20.9 Å². The molecule has 1 heterocycles. The zero-order valence-corrected chi connectivity index (χ0v) is 12.0. The number of aromatic nitrogens is 2. The Hall–Kier alpha value is -2.24. The summed E-state index contributed by atoms with van der Waals surface area (Å²) in [4.78, 5) is 11.3. The van der Waals surface area contributed by atoms with Gasteiger partial charge >= 0.3 is 0 Å². The van der Waals surface area contributed by atoms with E-state index in [1.807, 2.05) is 47.4 Å². The highest BCUT2D eigenvalue weighted by Crippen LogP contribution is 2.33. The van der Waals surface area contributed by atoms with E-state index in [4.69, 9.17) is 0 Å². The highest BCUT2D eigenvalue weighted by atomic mass is 15.1. The first-order valence-corrected chi connectivity index (χ1v) is 6.17. The van der Waals surface area contributed by atoms with Crippen LogP contribution in [-0.4, -0.2) is 45.2 Å². The molecule has 3 N–H and O–H groups in total. The third-order valence-corrected chi connectivity index (χ3v) is 3.02. The maximum Gasteiger partial charge on any atom is 0.169 e. The summed E-state index contributed by atoms with van der Waals surface area (Å²) < 4.78 is 0. The van der Waals surface area contributed by atoms with E-state index in [1.54, 1.807) is 0 Å². The van der Waals surface area contributed by atoms with Gasteiger partial charge in [0.15, 0.2) is 11.6 Å². The van der Waals surface area contributed by atoms with Crippen LogP contribution in [0.5, 0.6) is 0 Å². The summed E-state index contributed by atoms with van der Waals surface area (Å²) in [5, 5.41) is 9.32. The van der Waals surface area contributed by atoms with Crippen molar-refractivity contribution in [2.75, 3.05) is 56.1 Å². The molecule has 0 bridgehead atoms. The van der Waals surface area contributed by atoms with Crippen molar-refractivity contribution in [2.24, 2.45) is 0 Å². The van der Waals surface area contributed by atoms with Crippen molar-refractivity contribution in [1.29, 1.82) is 0 Å². The van der Waals surface area contributed by atoms with E-state index in [1.165, 1.54) is 0 Å².